The molecule has 3 heterocycles. The highest BCUT2D eigenvalue weighted by Crippen LogP contribution is 2.26. The van der Waals surface area contributed by atoms with E-state index in [1.54, 1.807) is 30.7 Å². The summed E-state index contributed by atoms with van der Waals surface area (Å²) in [5.74, 6) is -1.17. The molecule has 10 nitrogen and oxygen atoms in total. The molecule has 33 heavy (non-hydrogen) atoms. The van der Waals surface area contributed by atoms with Crippen LogP contribution in [0.2, 0.25) is 0 Å². The van der Waals surface area contributed by atoms with Crippen LogP contribution in [0.25, 0.3) is 16.9 Å². The Morgan fingerprint density at radius 3 is 2.85 bits per heavy atom. The van der Waals surface area contributed by atoms with Crippen molar-refractivity contribution in [3.05, 3.63) is 69.9 Å². The first-order valence-electron chi connectivity index (χ1n) is 9.68. The lowest BCUT2D eigenvalue weighted by atomic mass is 10.2. The summed E-state index contributed by atoms with van der Waals surface area (Å²) in [7, 11) is 0. The number of fused-ring (bicyclic) bond motifs is 1. The Labute approximate surface area is 200 Å². The summed E-state index contributed by atoms with van der Waals surface area (Å²) in [5.41, 5.74) is 4.08. The lowest BCUT2D eigenvalue weighted by Gasteiger charge is -2.14. The number of nitrogens with one attached hydrogen (secondary N) is 2. The SMILES string of the molecule is O=C(NOCC(O)CO)c1cc2ncc(-c3cccnc3)n2nc1Nc1ccc(I)cc1F. The Balaban J connectivity index is 1.74. The van der Waals surface area contributed by atoms with Gasteiger partial charge in [0.25, 0.3) is 5.91 Å². The molecule has 0 aliphatic heterocycles. The third-order valence-electron chi connectivity index (χ3n) is 4.53. The molecule has 0 spiro atoms. The van der Waals surface area contributed by atoms with Crippen LogP contribution in [-0.4, -0.2) is 55.0 Å². The van der Waals surface area contributed by atoms with E-state index in [2.05, 4.69) is 25.9 Å². The van der Waals surface area contributed by atoms with Crippen LogP contribution in [-0.2, 0) is 4.84 Å². The Morgan fingerprint density at radius 2 is 2.12 bits per heavy atom. The maximum Gasteiger partial charge on any atom is 0.278 e. The van der Waals surface area contributed by atoms with Crippen molar-refractivity contribution < 1.29 is 24.2 Å². The second-order valence-electron chi connectivity index (χ2n) is 6.89. The van der Waals surface area contributed by atoms with Crippen molar-refractivity contribution in [1.82, 2.24) is 25.1 Å². The Hall–Kier alpha value is -3.20. The fraction of sp³-hybridized carbons (Fsp3) is 0.143. The summed E-state index contributed by atoms with van der Waals surface area (Å²) >= 11 is 1.99. The monoisotopic (exact) mass is 564 g/mol. The second kappa shape index (κ2) is 10.2. The number of aromatic nitrogens is 4. The first-order valence-corrected chi connectivity index (χ1v) is 10.8. The largest absolute Gasteiger partial charge is 0.394 e. The number of hydroxylamine groups is 1. The molecular weight excluding hydrogens is 546 g/mol. The molecule has 12 heteroatoms. The zero-order valence-electron chi connectivity index (χ0n) is 16.9. The van der Waals surface area contributed by atoms with E-state index in [1.807, 2.05) is 28.7 Å². The third kappa shape index (κ3) is 5.24. The molecule has 1 aromatic carbocycles. The highest BCUT2D eigenvalue weighted by molar-refractivity contribution is 14.1. The summed E-state index contributed by atoms with van der Waals surface area (Å²) in [6.45, 7) is -0.839. The molecule has 0 fully saturated rings. The molecular formula is C21H18FIN6O4. The molecule has 4 aromatic rings. The van der Waals surface area contributed by atoms with Gasteiger partial charge in [0.15, 0.2) is 11.5 Å². The smallest absolute Gasteiger partial charge is 0.278 e. The zero-order valence-corrected chi connectivity index (χ0v) is 19.1. The van der Waals surface area contributed by atoms with Crippen molar-refractivity contribution in [3.8, 4) is 11.3 Å². The predicted molar refractivity (Wildman–Crippen MR) is 125 cm³/mol. The fourth-order valence-electron chi connectivity index (χ4n) is 2.92. The standard InChI is InChI=1S/C21H18FIN6O4/c22-16-6-13(23)3-4-17(16)26-20-15(21(32)28-33-11-14(31)10-30)7-19-25-9-18(29(19)27-20)12-2-1-5-24-8-12/h1-9,14,30-31H,10-11H2,(H,26,27)(H,28,32). The lowest BCUT2D eigenvalue weighted by Crippen LogP contribution is -2.30. The first-order chi connectivity index (χ1) is 16.0. The van der Waals surface area contributed by atoms with Gasteiger partial charge in [-0.05, 0) is 59.0 Å². The maximum atomic E-state index is 14.5. The molecule has 0 saturated carbocycles. The van der Waals surface area contributed by atoms with Crippen molar-refractivity contribution >= 4 is 45.7 Å². The predicted octanol–water partition coefficient (Wildman–Crippen LogP) is 2.29. The van der Waals surface area contributed by atoms with Gasteiger partial charge in [0.2, 0.25) is 0 Å². The van der Waals surface area contributed by atoms with Gasteiger partial charge in [-0.1, -0.05) is 0 Å². The number of halogens is 2. The molecule has 4 rings (SSSR count). The van der Waals surface area contributed by atoms with Gasteiger partial charge in [-0.2, -0.15) is 0 Å². The number of carbonyl (C=O) groups is 1. The number of amides is 1. The Kier molecular flexibility index (Phi) is 7.08. The number of anilines is 2. The number of aliphatic hydroxyl groups excluding tert-OH is 2. The van der Waals surface area contributed by atoms with Crippen LogP contribution in [0.5, 0.6) is 0 Å². The number of hydrogen-bond donors (Lipinski definition) is 4. The average Bonchev–Trinajstić information content (AvgIpc) is 3.23. The molecule has 0 radical (unpaired) electrons. The number of hydrogen-bond acceptors (Lipinski definition) is 8. The topological polar surface area (TPSA) is 134 Å². The minimum Gasteiger partial charge on any atom is -0.394 e. The van der Waals surface area contributed by atoms with Crippen molar-refractivity contribution in [2.75, 3.05) is 18.5 Å². The minimum atomic E-state index is -1.15. The van der Waals surface area contributed by atoms with E-state index >= 15 is 0 Å². The number of imidazole rings is 1. The number of carbonyl (C=O) groups excluding carboxylic acids is 1. The van der Waals surface area contributed by atoms with Crippen molar-refractivity contribution in [2.24, 2.45) is 0 Å². The summed E-state index contributed by atoms with van der Waals surface area (Å²) in [5, 5.41) is 25.6. The van der Waals surface area contributed by atoms with E-state index in [-0.39, 0.29) is 23.7 Å². The quantitative estimate of drug-likeness (QED) is 0.189. The molecule has 0 saturated heterocycles. The van der Waals surface area contributed by atoms with Crippen molar-refractivity contribution in [3.63, 3.8) is 0 Å². The normalized spacial score (nSPS) is 12.0. The second-order valence-corrected chi connectivity index (χ2v) is 8.14. The fourth-order valence-corrected chi connectivity index (χ4v) is 3.37. The number of benzene rings is 1. The van der Waals surface area contributed by atoms with E-state index < -0.39 is 24.4 Å². The first kappa shape index (κ1) is 23.0. The third-order valence-corrected chi connectivity index (χ3v) is 5.20. The van der Waals surface area contributed by atoms with Gasteiger partial charge < -0.3 is 15.5 Å². The minimum absolute atomic E-state index is 0.0299. The number of pyridine rings is 1. The van der Waals surface area contributed by atoms with Crippen molar-refractivity contribution in [1.29, 1.82) is 0 Å². The average molecular weight is 564 g/mol. The van der Waals surface area contributed by atoms with Gasteiger partial charge in [-0.25, -0.2) is 19.4 Å². The van der Waals surface area contributed by atoms with Crippen LogP contribution >= 0.6 is 22.6 Å². The summed E-state index contributed by atoms with van der Waals surface area (Å²) in [6, 6.07) is 9.68. The molecule has 4 N–H and O–H groups in total. The number of rotatable bonds is 8. The van der Waals surface area contributed by atoms with Gasteiger partial charge >= 0.3 is 0 Å². The molecule has 0 bridgehead atoms. The van der Waals surface area contributed by atoms with E-state index in [1.165, 1.54) is 22.7 Å². The zero-order chi connectivity index (χ0) is 23.4. The van der Waals surface area contributed by atoms with Gasteiger partial charge in [0, 0.05) is 21.5 Å². The van der Waals surface area contributed by atoms with E-state index in [4.69, 9.17) is 9.94 Å². The lowest BCUT2D eigenvalue weighted by molar-refractivity contribution is -0.0295. The molecule has 1 atom stereocenters. The van der Waals surface area contributed by atoms with Gasteiger partial charge in [0.05, 0.1) is 29.7 Å². The maximum absolute atomic E-state index is 14.5. The van der Waals surface area contributed by atoms with E-state index in [0.29, 0.717) is 14.9 Å². The highest BCUT2D eigenvalue weighted by Gasteiger charge is 2.19. The highest BCUT2D eigenvalue weighted by atomic mass is 127. The summed E-state index contributed by atoms with van der Waals surface area (Å²) < 4.78 is 16.7. The number of aliphatic hydroxyl groups is 2. The molecule has 1 unspecified atom stereocenters. The van der Waals surface area contributed by atoms with Crippen LogP contribution in [0, 0.1) is 9.39 Å². The van der Waals surface area contributed by atoms with Crippen LogP contribution in [0.3, 0.4) is 0 Å². The number of nitrogens with zero attached hydrogens (tertiary/aromatic N) is 4. The van der Waals surface area contributed by atoms with Crippen LogP contribution in [0.1, 0.15) is 10.4 Å². The Morgan fingerprint density at radius 1 is 1.27 bits per heavy atom. The summed E-state index contributed by atoms with van der Waals surface area (Å²) in [6.07, 6.45) is 3.73. The summed E-state index contributed by atoms with van der Waals surface area (Å²) in [4.78, 5) is 26.2. The van der Waals surface area contributed by atoms with Gasteiger partial charge in [-0.15, -0.1) is 5.10 Å². The molecule has 1 amide bonds. The van der Waals surface area contributed by atoms with E-state index in [0.717, 1.165) is 5.56 Å². The Bertz CT molecular complexity index is 1290. The molecule has 3 aromatic heterocycles. The molecule has 0 aliphatic rings. The van der Waals surface area contributed by atoms with Gasteiger partial charge in [-0.3, -0.25) is 14.6 Å². The van der Waals surface area contributed by atoms with Gasteiger partial charge in [0.1, 0.15) is 18.5 Å². The van der Waals surface area contributed by atoms with Crippen LogP contribution in [0.15, 0.2) is 55.0 Å². The van der Waals surface area contributed by atoms with Crippen LogP contribution < -0.4 is 10.8 Å². The van der Waals surface area contributed by atoms with Crippen LogP contribution in [0.4, 0.5) is 15.9 Å². The molecule has 170 valence electrons. The van der Waals surface area contributed by atoms with E-state index in [9.17, 15) is 14.3 Å². The molecule has 0 aliphatic carbocycles. The van der Waals surface area contributed by atoms with Crippen molar-refractivity contribution in [2.45, 2.75) is 6.10 Å².